The van der Waals surface area contributed by atoms with Gasteiger partial charge in [0, 0.05) is 18.1 Å². The first-order valence-corrected chi connectivity index (χ1v) is 9.85. The minimum absolute atomic E-state index is 0.0297. The molecule has 1 N–H and O–H groups in total. The van der Waals surface area contributed by atoms with Crippen LogP contribution >= 0.6 is 0 Å². The lowest BCUT2D eigenvalue weighted by Gasteiger charge is -2.55. The maximum absolute atomic E-state index is 12.8. The molecule has 2 aliphatic heterocycles. The highest BCUT2D eigenvalue weighted by Crippen LogP contribution is 2.71. The number of methoxy groups -OCH3 is 1. The molecule has 7 heteroatoms. The molecule has 2 saturated carbocycles. The summed E-state index contributed by atoms with van der Waals surface area (Å²) >= 11 is 0. The van der Waals surface area contributed by atoms with E-state index in [9.17, 15) is 14.7 Å². The third kappa shape index (κ3) is 2.21. The van der Waals surface area contributed by atoms with Crippen LogP contribution in [0.3, 0.4) is 0 Å². The lowest BCUT2D eigenvalue weighted by molar-refractivity contribution is -0.236. The van der Waals surface area contributed by atoms with Crippen molar-refractivity contribution >= 4 is 11.9 Å². The molecule has 6 unspecified atom stereocenters. The molecule has 154 valence electrons. The zero-order chi connectivity index (χ0) is 20.5. The first kappa shape index (κ1) is 19.6. The maximum atomic E-state index is 12.8. The van der Waals surface area contributed by atoms with E-state index in [0.717, 1.165) is 12.8 Å². The van der Waals surface area contributed by atoms with E-state index in [4.69, 9.17) is 18.9 Å². The number of esters is 2. The van der Waals surface area contributed by atoms with Crippen molar-refractivity contribution in [1.82, 2.24) is 0 Å². The van der Waals surface area contributed by atoms with E-state index in [0.29, 0.717) is 17.6 Å². The number of carbonyl (C=O) groups excluding carboxylic acids is 2. The molecule has 2 aliphatic carbocycles. The summed E-state index contributed by atoms with van der Waals surface area (Å²) in [4.78, 5) is 25.3. The maximum Gasteiger partial charge on any atom is 0.336 e. The normalized spacial score (nSPS) is 44.4. The van der Waals surface area contributed by atoms with E-state index in [1.54, 1.807) is 13.8 Å². The van der Waals surface area contributed by atoms with Crippen molar-refractivity contribution < 1.29 is 33.6 Å². The number of rotatable bonds is 4. The Kier molecular flexibility index (Phi) is 4.30. The van der Waals surface area contributed by atoms with Gasteiger partial charge in [-0.3, -0.25) is 0 Å². The monoisotopic (exact) mass is 392 g/mol. The molecular formula is C21H28O7. The van der Waals surface area contributed by atoms with Crippen molar-refractivity contribution in [2.75, 3.05) is 13.7 Å². The van der Waals surface area contributed by atoms with Gasteiger partial charge in [0.1, 0.15) is 11.7 Å². The van der Waals surface area contributed by atoms with E-state index < -0.39 is 41.5 Å². The van der Waals surface area contributed by atoms with E-state index in [1.807, 2.05) is 0 Å². The molecule has 3 fully saturated rings. The van der Waals surface area contributed by atoms with Crippen molar-refractivity contribution in [2.45, 2.75) is 70.6 Å². The Balaban J connectivity index is 1.87. The fourth-order valence-corrected chi connectivity index (χ4v) is 5.64. The average molecular weight is 392 g/mol. The molecule has 4 aliphatic rings. The third-order valence-electron chi connectivity index (χ3n) is 7.63. The van der Waals surface area contributed by atoms with E-state index in [1.165, 1.54) is 13.2 Å². The predicted octanol–water partition coefficient (Wildman–Crippen LogP) is 2.03. The highest BCUT2D eigenvalue weighted by Gasteiger charge is 2.81. The van der Waals surface area contributed by atoms with E-state index in [2.05, 4.69) is 13.8 Å². The number of epoxide rings is 1. The molecule has 7 nitrogen and oxygen atoms in total. The second kappa shape index (κ2) is 6.15. The largest absolute Gasteiger partial charge is 0.453 e. The van der Waals surface area contributed by atoms with E-state index >= 15 is 0 Å². The molecule has 0 aromatic heterocycles. The van der Waals surface area contributed by atoms with Crippen LogP contribution in [-0.2, 0) is 28.5 Å². The second-order valence-corrected chi connectivity index (χ2v) is 8.58. The lowest BCUT2D eigenvalue weighted by atomic mass is 9.51. The molecule has 6 atom stereocenters. The van der Waals surface area contributed by atoms with Crippen molar-refractivity contribution in [3.8, 4) is 0 Å². The van der Waals surface area contributed by atoms with Crippen LogP contribution < -0.4 is 0 Å². The molecule has 0 amide bonds. The van der Waals surface area contributed by atoms with Gasteiger partial charge in [-0.15, -0.1) is 0 Å². The van der Waals surface area contributed by atoms with Gasteiger partial charge in [-0.25, -0.2) is 9.59 Å². The van der Waals surface area contributed by atoms with Crippen LogP contribution in [0.1, 0.15) is 47.0 Å². The van der Waals surface area contributed by atoms with Gasteiger partial charge >= 0.3 is 11.9 Å². The van der Waals surface area contributed by atoms with Gasteiger partial charge in [-0.1, -0.05) is 19.9 Å². The van der Waals surface area contributed by atoms with Crippen LogP contribution in [0.5, 0.6) is 0 Å². The van der Waals surface area contributed by atoms with Gasteiger partial charge in [-0.05, 0) is 32.6 Å². The Morgan fingerprint density at radius 1 is 1.39 bits per heavy atom. The molecule has 0 radical (unpaired) electrons. The van der Waals surface area contributed by atoms with Crippen molar-refractivity contribution in [3.63, 3.8) is 0 Å². The topological polar surface area (TPSA) is 94.6 Å². The molecule has 1 saturated heterocycles. The van der Waals surface area contributed by atoms with Crippen LogP contribution in [0, 0.1) is 11.3 Å². The quantitative estimate of drug-likeness (QED) is 0.444. The number of hydrogen-bond acceptors (Lipinski definition) is 7. The molecule has 1 spiro atoms. The summed E-state index contributed by atoms with van der Waals surface area (Å²) in [5, 5.41) is 9.50. The molecule has 0 aromatic carbocycles. The van der Waals surface area contributed by atoms with Crippen LogP contribution in [0.25, 0.3) is 0 Å². The van der Waals surface area contributed by atoms with Gasteiger partial charge < -0.3 is 24.1 Å². The van der Waals surface area contributed by atoms with Crippen LogP contribution in [0.2, 0.25) is 0 Å². The summed E-state index contributed by atoms with van der Waals surface area (Å²) in [6.07, 6.45) is 3.06. The highest BCUT2D eigenvalue weighted by atomic mass is 16.7. The molecule has 4 rings (SSSR count). The summed E-state index contributed by atoms with van der Waals surface area (Å²) in [5.74, 6) is -2.16. The Labute approximate surface area is 164 Å². The number of aliphatic hydroxyl groups is 1. The predicted molar refractivity (Wildman–Crippen MR) is 98.0 cm³/mol. The van der Waals surface area contributed by atoms with Crippen molar-refractivity contribution in [3.05, 3.63) is 22.8 Å². The Hall–Kier alpha value is -1.70. The summed E-state index contributed by atoms with van der Waals surface area (Å²) in [6.45, 7) is 7.15. The third-order valence-corrected chi connectivity index (χ3v) is 7.63. The van der Waals surface area contributed by atoms with Gasteiger partial charge in [0.05, 0.1) is 30.3 Å². The number of ether oxygens (including phenoxy) is 4. The smallest absolute Gasteiger partial charge is 0.336 e. The van der Waals surface area contributed by atoms with Crippen molar-refractivity contribution in [2.24, 2.45) is 11.3 Å². The number of hydrogen-bond donors (Lipinski definition) is 1. The first-order chi connectivity index (χ1) is 13.2. The van der Waals surface area contributed by atoms with Gasteiger partial charge in [-0.2, -0.15) is 0 Å². The molecule has 28 heavy (non-hydrogen) atoms. The number of fused-ring (bicyclic) bond motifs is 1. The van der Waals surface area contributed by atoms with Crippen LogP contribution in [0.4, 0.5) is 0 Å². The fourth-order valence-electron chi connectivity index (χ4n) is 5.64. The minimum Gasteiger partial charge on any atom is -0.453 e. The van der Waals surface area contributed by atoms with Gasteiger partial charge in [0.15, 0.2) is 0 Å². The van der Waals surface area contributed by atoms with Crippen LogP contribution in [-0.4, -0.2) is 54.4 Å². The zero-order valence-electron chi connectivity index (χ0n) is 17.0. The SMILES string of the molecule is CC=C(CO)C(=O)OC1C2=C(C)C(=O)OC2(OC)CC23OC2CCC(C)C13C. The average Bonchev–Trinajstić information content (AvgIpc) is 3.32. The summed E-state index contributed by atoms with van der Waals surface area (Å²) < 4.78 is 23.7. The summed E-state index contributed by atoms with van der Waals surface area (Å²) in [6, 6.07) is 0. The zero-order valence-corrected chi connectivity index (χ0v) is 17.0. The number of allylic oxidation sites excluding steroid dienone is 1. The summed E-state index contributed by atoms with van der Waals surface area (Å²) in [5.41, 5.74) is 0.0444. The standard InChI is InChI=1S/C21H28O7/c1-6-13(9-22)18(24)26-16-15-12(3)17(23)28-21(15,25-5)10-20-14(27-20)8-7-11(2)19(16,20)4/h6,11,14,16,22H,7-10H2,1-5H3. The summed E-state index contributed by atoms with van der Waals surface area (Å²) in [7, 11) is 1.50. The number of aliphatic hydroxyl groups excluding tert-OH is 1. The molecule has 0 bridgehead atoms. The van der Waals surface area contributed by atoms with Crippen molar-refractivity contribution in [1.29, 1.82) is 0 Å². The Morgan fingerprint density at radius 3 is 2.71 bits per heavy atom. The highest BCUT2D eigenvalue weighted by molar-refractivity contribution is 5.93. The second-order valence-electron chi connectivity index (χ2n) is 8.58. The fraction of sp³-hybridized carbons (Fsp3) is 0.714. The van der Waals surface area contributed by atoms with E-state index in [-0.39, 0.29) is 17.6 Å². The molecular weight excluding hydrogens is 364 g/mol. The Morgan fingerprint density at radius 2 is 2.11 bits per heavy atom. The lowest BCUT2D eigenvalue weighted by Crippen LogP contribution is -2.65. The van der Waals surface area contributed by atoms with Crippen LogP contribution in [0.15, 0.2) is 22.8 Å². The van der Waals surface area contributed by atoms with Gasteiger partial charge in [0.25, 0.3) is 0 Å². The molecule has 2 heterocycles. The first-order valence-electron chi connectivity index (χ1n) is 9.85. The molecule has 0 aromatic rings. The minimum atomic E-state index is -1.28. The number of carbonyl (C=O) groups is 2. The van der Waals surface area contributed by atoms with Gasteiger partial charge in [0.2, 0.25) is 5.79 Å². The Bertz CT molecular complexity index is 799.